The van der Waals surface area contributed by atoms with Gasteiger partial charge in [-0.1, -0.05) is 6.07 Å². The molecule has 6 nitrogen and oxygen atoms in total. The minimum absolute atomic E-state index is 0.0224. The van der Waals surface area contributed by atoms with Crippen molar-refractivity contribution in [3.8, 4) is 0 Å². The van der Waals surface area contributed by atoms with E-state index in [9.17, 15) is 4.79 Å². The molecule has 0 aromatic carbocycles. The molecule has 24 heavy (non-hydrogen) atoms. The standard InChI is InChI=1S/C17H22N4O2S/c1-20(2)16-10-13(5-6-18-16)11-19-17(22)21-7-8-23-14(12-21)15-4-3-9-24-15/h3-6,9-10,14H,7-8,11-12H2,1-2H3,(H,19,22)/t14-/m1/s1. The lowest BCUT2D eigenvalue weighted by molar-refractivity contribution is -0.0136. The molecular formula is C17H22N4O2S. The summed E-state index contributed by atoms with van der Waals surface area (Å²) in [7, 11) is 3.90. The van der Waals surface area contributed by atoms with Gasteiger partial charge in [0, 0.05) is 38.3 Å². The number of morpholine rings is 1. The van der Waals surface area contributed by atoms with Crippen LogP contribution in [-0.2, 0) is 11.3 Å². The van der Waals surface area contributed by atoms with Crippen molar-refractivity contribution in [2.24, 2.45) is 0 Å². The fraction of sp³-hybridized carbons (Fsp3) is 0.412. The number of carbonyl (C=O) groups is 1. The number of amides is 2. The zero-order valence-electron chi connectivity index (χ0n) is 13.9. The van der Waals surface area contributed by atoms with Gasteiger partial charge in [-0.05, 0) is 29.1 Å². The molecule has 2 amide bonds. The number of urea groups is 1. The second-order valence-electron chi connectivity index (χ2n) is 5.90. The molecule has 3 heterocycles. The van der Waals surface area contributed by atoms with Crippen LogP contribution in [0.25, 0.3) is 0 Å². The van der Waals surface area contributed by atoms with Gasteiger partial charge < -0.3 is 19.9 Å². The minimum atomic E-state index is -0.0527. The van der Waals surface area contributed by atoms with Crippen LogP contribution in [0.4, 0.5) is 10.6 Å². The molecule has 1 aliphatic rings. The quantitative estimate of drug-likeness (QED) is 0.924. The first-order valence-corrected chi connectivity index (χ1v) is 8.81. The third-order valence-electron chi connectivity index (χ3n) is 3.93. The number of carbonyl (C=O) groups excluding carboxylic acids is 1. The zero-order valence-corrected chi connectivity index (χ0v) is 14.8. The Balaban J connectivity index is 1.56. The Morgan fingerprint density at radius 2 is 2.38 bits per heavy atom. The Morgan fingerprint density at radius 3 is 3.12 bits per heavy atom. The Kier molecular flexibility index (Phi) is 5.32. The van der Waals surface area contributed by atoms with Crippen LogP contribution in [0.15, 0.2) is 35.8 Å². The summed E-state index contributed by atoms with van der Waals surface area (Å²) in [6, 6.07) is 7.91. The lowest BCUT2D eigenvalue weighted by Gasteiger charge is -2.32. The molecule has 128 valence electrons. The van der Waals surface area contributed by atoms with Crippen LogP contribution >= 0.6 is 11.3 Å². The maximum atomic E-state index is 12.4. The van der Waals surface area contributed by atoms with Crippen LogP contribution < -0.4 is 10.2 Å². The second-order valence-corrected chi connectivity index (χ2v) is 6.88. The summed E-state index contributed by atoms with van der Waals surface area (Å²) in [4.78, 5) is 21.7. The van der Waals surface area contributed by atoms with Crippen LogP contribution in [0.3, 0.4) is 0 Å². The number of anilines is 1. The monoisotopic (exact) mass is 346 g/mol. The first-order valence-electron chi connectivity index (χ1n) is 7.93. The van der Waals surface area contributed by atoms with Crippen molar-refractivity contribution in [2.75, 3.05) is 38.7 Å². The van der Waals surface area contributed by atoms with E-state index in [1.54, 1.807) is 17.5 Å². The van der Waals surface area contributed by atoms with Crippen molar-refractivity contribution in [2.45, 2.75) is 12.6 Å². The third-order valence-corrected chi connectivity index (χ3v) is 4.89. The van der Waals surface area contributed by atoms with E-state index in [0.717, 1.165) is 16.3 Å². The Morgan fingerprint density at radius 1 is 1.50 bits per heavy atom. The molecule has 1 N–H and O–H groups in total. The highest BCUT2D eigenvalue weighted by molar-refractivity contribution is 7.10. The van der Waals surface area contributed by atoms with Crippen molar-refractivity contribution in [3.05, 3.63) is 46.3 Å². The van der Waals surface area contributed by atoms with Crippen LogP contribution in [0.5, 0.6) is 0 Å². The molecule has 1 fully saturated rings. The molecule has 3 rings (SSSR count). The fourth-order valence-corrected chi connectivity index (χ4v) is 3.35. The van der Waals surface area contributed by atoms with Gasteiger partial charge >= 0.3 is 6.03 Å². The Hall–Kier alpha value is -2.12. The molecular weight excluding hydrogens is 324 g/mol. The number of thiophene rings is 1. The van der Waals surface area contributed by atoms with Gasteiger partial charge in [0.1, 0.15) is 11.9 Å². The lowest BCUT2D eigenvalue weighted by atomic mass is 10.2. The summed E-state index contributed by atoms with van der Waals surface area (Å²) in [6.07, 6.45) is 1.74. The lowest BCUT2D eigenvalue weighted by Crippen LogP contribution is -2.46. The predicted octanol–water partition coefficient (Wildman–Crippen LogP) is 2.49. The summed E-state index contributed by atoms with van der Waals surface area (Å²) < 4.78 is 5.78. The number of aromatic nitrogens is 1. The minimum Gasteiger partial charge on any atom is -0.369 e. The third kappa shape index (κ3) is 4.04. The molecule has 0 radical (unpaired) electrons. The van der Waals surface area contributed by atoms with Crippen molar-refractivity contribution in [3.63, 3.8) is 0 Å². The Bertz CT molecular complexity index is 675. The van der Waals surface area contributed by atoms with Crippen LogP contribution in [0, 0.1) is 0 Å². The van der Waals surface area contributed by atoms with Gasteiger partial charge in [0.15, 0.2) is 0 Å². The largest absolute Gasteiger partial charge is 0.369 e. The normalized spacial score (nSPS) is 17.6. The average molecular weight is 346 g/mol. The molecule has 1 aliphatic heterocycles. The smallest absolute Gasteiger partial charge is 0.317 e. The number of hydrogen-bond acceptors (Lipinski definition) is 5. The molecule has 2 aromatic heterocycles. The van der Waals surface area contributed by atoms with Crippen molar-refractivity contribution in [1.29, 1.82) is 0 Å². The number of ether oxygens (including phenoxy) is 1. The molecule has 2 aromatic rings. The summed E-state index contributed by atoms with van der Waals surface area (Å²) in [5.74, 6) is 0.880. The SMILES string of the molecule is CN(C)c1cc(CNC(=O)N2CCO[C@@H](c3cccs3)C2)ccn1. The average Bonchev–Trinajstić information content (AvgIpc) is 3.15. The highest BCUT2D eigenvalue weighted by Crippen LogP contribution is 2.26. The van der Waals surface area contributed by atoms with E-state index in [0.29, 0.717) is 26.2 Å². The van der Waals surface area contributed by atoms with Gasteiger partial charge in [0.25, 0.3) is 0 Å². The first-order chi connectivity index (χ1) is 11.6. The van der Waals surface area contributed by atoms with E-state index in [1.165, 1.54) is 0 Å². The Labute approximate surface area is 146 Å². The van der Waals surface area contributed by atoms with Gasteiger partial charge in [0.2, 0.25) is 0 Å². The van der Waals surface area contributed by atoms with Gasteiger partial charge in [-0.25, -0.2) is 9.78 Å². The highest BCUT2D eigenvalue weighted by Gasteiger charge is 2.25. The van der Waals surface area contributed by atoms with Crippen LogP contribution in [-0.4, -0.2) is 49.7 Å². The van der Waals surface area contributed by atoms with Gasteiger partial charge in [-0.2, -0.15) is 0 Å². The van der Waals surface area contributed by atoms with E-state index in [-0.39, 0.29) is 12.1 Å². The number of rotatable bonds is 4. The summed E-state index contributed by atoms with van der Waals surface area (Å²) in [6.45, 7) is 2.26. The number of hydrogen-bond donors (Lipinski definition) is 1. The molecule has 1 atom stereocenters. The van der Waals surface area contributed by atoms with E-state index in [2.05, 4.69) is 16.4 Å². The van der Waals surface area contributed by atoms with Crippen molar-refractivity contribution in [1.82, 2.24) is 15.2 Å². The van der Waals surface area contributed by atoms with E-state index >= 15 is 0 Å². The van der Waals surface area contributed by atoms with E-state index in [4.69, 9.17) is 4.74 Å². The van der Waals surface area contributed by atoms with Crippen LogP contribution in [0.1, 0.15) is 16.5 Å². The highest BCUT2D eigenvalue weighted by atomic mass is 32.1. The zero-order chi connectivity index (χ0) is 16.9. The van der Waals surface area contributed by atoms with E-state index in [1.807, 2.05) is 47.5 Å². The molecule has 0 unspecified atom stereocenters. The van der Waals surface area contributed by atoms with Crippen molar-refractivity contribution >= 4 is 23.2 Å². The van der Waals surface area contributed by atoms with Gasteiger partial charge in [-0.15, -0.1) is 11.3 Å². The first kappa shape index (κ1) is 16.7. The maximum absolute atomic E-state index is 12.4. The van der Waals surface area contributed by atoms with Gasteiger partial charge in [0.05, 0.1) is 13.2 Å². The number of nitrogens with zero attached hydrogens (tertiary/aromatic N) is 3. The molecule has 0 saturated carbocycles. The topological polar surface area (TPSA) is 57.7 Å². The predicted molar refractivity (Wildman–Crippen MR) is 95.4 cm³/mol. The molecule has 7 heteroatoms. The maximum Gasteiger partial charge on any atom is 0.317 e. The van der Waals surface area contributed by atoms with Crippen molar-refractivity contribution < 1.29 is 9.53 Å². The van der Waals surface area contributed by atoms with E-state index < -0.39 is 0 Å². The summed E-state index contributed by atoms with van der Waals surface area (Å²) in [5.41, 5.74) is 1.03. The molecule has 0 spiro atoms. The molecule has 0 bridgehead atoms. The summed E-state index contributed by atoms with van der Waals surface area (Å²) in [5, 5.41) is 5.02. The fourth-order valence-electron chi connectivity index (χ4n) is 2.58. The molecule has 0 aliphatic carbocycles. The number of pyridine rings is 1. The second kappa shape index (κ2) is 7.63. The van der Waals surface area contributed by atoms with Gasteiger partial charge in [-0.3, -0.25) is 0 Å². The molecule has 1 saturated heterocycles. The summed E-state index contributed by atoms with van der Waals surface area (Å²) >= 11 is 1.66. The number of nitrogens with one attached hydrogen (secondary N) is 1. The van der Waals surface area contributed by atoms with Crippen LogP contribution in [0.2, 0.25) is 0 Å².